The molecule has 1 aliphatic carbocycles. The van der Waals surface area contributed by atoms with E-state index in [0.29, 0.717) is 47.7 Å². The molecule has 1 N–H and O–H groups in total. The monoisotopic (exact) mass is 424 g/mol. The Kier molecular flexibility index (Phi) is 4.72. The number of benzene rings is 1. The van der Waals surface area contributed by atoms with E-state index in [9.17, 15) is 18.7 Å². The first-order valence-electron chi connectivity index (χ1n) is 10.4. The van der Waals surface area contributed by atoms with Crippen LogP contribution in [-0.2, 0) is 24.7 Å². The summed E-state index contributed by atoms with van der Waals surface area (Å²) < 4.78 is 29.6. The molecule has 0 amide bonds. The Balaban J connectivity index is 1.60. The van der Waals surface area contributed by atoms with E-state index in [1.54, 1.807) is 30.2 Å². The second-order valence-corrected chi connectivity index (χ2v) is 8.17. The first-order chi connectivity index (χ1) is 14.9. The summed E-state index contributed by atoms with van der Waals surface area (Å²) in [6.07, 6.45) is 3.58. The number of aromatic nitrogens is 3. The molecule has 160 valence electrons. The van der Waals surface area contributed by atoms with E-state index in [1.165, 1.54) is 0 Å². The Labute approximate surface area is 178 Å². The van der Waals surface area contributed by atoms with Crippen molar-refractivity contribution in [3.05, 3.63) is 59.0 Å². The molecule has 5 rings (SSSR count). The third-order valence-electron chi connectivity index (χ3n) is 6.23. The molecule has 31 heavy (non-hydrogen) atoms. The number of anilines is 2. The fourth-order valence-electron chi connectivity index (χ4n) is 4.71. The zero-order valence-electron chi connectivity index (χ0n) is 17.1. The third-order valence-corrected chi connectivity index (χ3v) is 6.23. The lowest BCUT2D eigenvalue weighted by atomic mass is 9.93. The molecule has 2 aliphatic rings. The van der Waals surface area contributed by atoms with Crippen molar-refractivity contribution >= 4 is 17.5 Å². The maximum Gasteiger partial charge on any atom is 0.312 e. The van der Waals surface area contributed by atoms with Crippen LogP contribution in [0.3, 0.4) is 0 Å². The lowest BCUT2D eigenvalue weighted by Crippen LogP contribution is -2.26. The summed E-state index contributed by atoms with van der Waals surface area (Å²) in [7, 11) is 1.76. The third kappa shape index (κ3) is 3.36. The molecule has 1 aliphatic heterocycles. The van der Waals surface area contributed by atoms with E-state index in [1.807, 2.05) is 23.1 Å². The molecule has 8 heteroatoms. The molecular weight excluding hydrogens is 402 g/mol. The maximum atomic E-state index is 14.0. The fourth-order valence-corrected chi connectivity index (χ4v) is 4.71. The second kappa shape index (κ2) is 7.44. The van der Waals surface area contributed by atoms with Gasteiger partial charge in [-0.3, -0.25) is 9.48 Å². The molecule has 0 saturated heterocycles. The predicted octanol–water partition coefficient (Wildman–Crippen LogP) is 4.62. The minimum Gasteiger partial charge on any atom is -0.481 e. The van der Waals surface area contributed by atoms with Gasteiger partial charge in [0.25, 0.3) is 6.43 Å². The molecule has 0 bridgehead atoms. The summed E-state index contributed by atoms with van der Waals surface area (Å²) in [4.78, 5) is 18.2. The van der Waals surface area contributed by atoms with Crippen LogP contribution in [-0.4, -0.2) is 32.4 Å². The fraction of sp³-hybridized carbons (Fsp3) is 0.348. The van der Waals surface area contributed by atoms with Crippen molar-refractivity contribution in [2.45, 2.75) is 38.0 Å². The van der Waals surface area contributed by atoms with E-state index in [4.69, 9.17) is 0 Å². The number of aliphatic carboxylic acids is 1. The largest absolute Gasteiger partial charge is 0.481 e. The van der Waals surface area contributed by atoms with Crippen molar-refractivity contribution in [3.63, 3.8) is 0 Å². The minimum absolute atomic E-state index is 0.0387. The molecule has 3 aromatic rings. The van der Waals surface area contributed by atoms with E-state index in [0.717, 1.165) is 24.0 Å². The van der Waals surface area contributed by atoms with Crippen molar-refractivity contribution in [2.24, 2.45) is 7.05 Å². The van der Waals surface area contributed by atoms with Gasteiger partial charge >= 0.3 is 5.97 Å². The second-order valence-electron chi connectivity index (χ2n) is 8.17. The number of fused-ring (bicyclic) bond motifs is 2. The molecule has 6 nitrogen and oxygen atoms in total. The summed E-state index contributed by atoms with van der Waals surface area (Å²) >= 11 is 0. The number of hydrogen-bond donors (Lipinski definition) is 1. The summed E-state index contributed by atoms with van der Waals surface area (Å²) in [5.74, 6) is -0.866. The lowest BCUT2D eigenvalue weighted by Gasteiger charge is -2.32. The Bertz CT molecular complexity index is 1170. The number of carboxylic acids is 1. The lowest BCUT2D eigenvalue weighted by molar-refractivity contribution is -0.138. The number of carboxylic acid groups (broad SMARTS) is 1. The van der Waals surface area contributed by atoms with E-state index in [-0.39, 0.29) is 5.56 Å². The summed E-state index contributed by atoms with van der Waals surface area (Å²) in [5, 5.41) is 13.6. The normalized spacial score (nSPS) is 17.7. The van der Waals surface area contributed by atoms with Crippen molar-refractivity contribution in [1.29, 1.82) is 0 Å². The van der Waals surface area contributed by atoms with Crippen LogP contribution in [0.1, 0.15) is 47.6 Å². The molecule has 0 saturated carbocycles. The quantitative estimate of drug-likeness (QED) is 0.662. The molecule has 3 heterocycles. The molecular formula is C23H22F2N4O2. The van der Waals surface area contributed by atoms with E-state index in [2.05, 4.69) is 10.1 Å². The highest BCUT2D eigenvalue weighted by atomic mass is 19.3. The number of aryl methyl sites for hydroxylation is 3. The highest BCUT2D eigenvalue weighted by molar-refractivity contribution is 5.78. The van der Waals surface area contributed by atoms with Gasteiger partial charge in [0.15, 0.2) is 0 Å². The van der Waals surface area contributed by atoms with Crippen LogP contribution in [0.15, 0.2) is 36.7 Å². The van der Waals surface area contributed by atoms with Gasteiger partial charge in [-0.05, 0) is 60.6 Å². The van der Waals surface area contributed by atoms with E-state index >= 15 is 0 Å². The number of nitrogens with zero attached hydrogens (tertiary/aromatic N) is 4. The molecule has 0 spiro atoms. The topological polar surface area (TPSA) is 71.2 Å². The first kappa shape index (κ1) is 19.7. The van der Waals surface area contributed by atoms with Gasteiger partial charge in [-0.25, -0.2) is 13.8 Å². The van der Waals surface area contributed by atoms with Crippen molar-refractivity contribution in [3.8, 4) is 11.1 Å². The van der Waals surface area contributed by atoms with Crippen LogP contribution in [0, 0.1) is 0 Å². The number of pyridine rings is 1. The predicted molar refractivity (Wildman–Crippen MR) is 112 cm³/mol. The van der Waals surface area contributed by atoms with Gasteiger partial charge in [0.05, 0.1) is 17.8 Å². The standard InChI is InChI=1S/C23H22F2N4O2/c1-28-12-15(11-26-28)17-9-14-3-2-8-29(19(14)10-18(17)22(24)25)20-7-5-13-4-6-16(23(30)31)21(13)27-20/h5,7,9-12,16,22H,2-4,6,8H2,1H3,(H,30,31). The highest BCUT2D eigenvalue weighted by Crippen LogP contribution is 2.42. The summed E-state index contributed by atoms with van der Waals surface area (Å²) in [6.45, 7) is 0.644. The van der Waals surface area contributed by atoms with Crippen LogP contribution < -0.4 is 4.90 Å². The van der Waals surface area contributed by atoms with Crippen LogP contribution in [0.4, 0.5) is 20.3 Å². The van der Waals surface area contributed by atoms with E-state index < -0.39 is 18.3 Å². The molecule has 0 radical (unpaired) electrons. The number of hydrogen-bond acceptors (Lipinski definition) is 4. The molecule has 1 aromatic carbocycles. The van der Waals surface area contributed by atoms with Gasteiger partial charge in [-0.15, -0.1) is 0 Å². The number of alkyl halides is 2. The van der Waals surface area contributed by atoms with Gasteiger partial charge in [-0.1, -0.05) is 6.07 Å². The first-order valence-corrected chi connectivity index (χ1v) is 10.4. The van der Waals surface area contributed by atoms with Crippen LogP contribution in [0.2, 0.25) is 0 Å². The van der Waals surface area contributed by atoms with Crippen molar-refractivity contribution < 1.29 is 18.7 Å². The van der Waals surface area contributed by atoms with Gasteiger partial charge in [0.1, 0.15) is 5.82 Å². The smallest absolute Gasteiger partial charge is 0.312 e. The van der Waals surface area contributed by atoms with Crippen LogP contribution in [0.25, 0.3) is 11.1 Å². The van der Waals surface area contributed by atoms with Crippen LogP contribution >= 0.6 is 0 Å². The highest BCUT2D eigenvalue weighted by Gasteiger charge is 2.32. The Morgan fingerprint density at radius 1 is 1.23 bits per heavy atom. The minimum atomic E-state index is -2.63. The zero-order valence-corrected chi connectivity index (χ0v) is 17.1. The van der Waals surface area contributed by atoms with Crippen molar-refractivity contribution in [2.75, 3.05) is 11.4 Å². The summed E-state index contributed by atoms with van der Waals surface area (Å²) in [5.41, 5.74) is 4.36. The average Bonchev–Trinajstić information content (AvgIpc) is 3.38. The van der Waals surface area contributed by atoms with Gasteiger partial charge in [-0.2, -0.15) is 5.10 Å². The molecule has 1 unspecified atom stereocenters. The maximum absolute atomic E-state index is 14.0. The van der Waals surface area contributed by atoms with Crippen LogP contribution in [0.5, 0.6) is 0 Å². The Hall–Kier alpha value is -3.29. The number of carbonyl (C=O) groups is 1. The molecule has 1 atom stereocenters. The summed E-state index contributed by atoms with van der Waals surface area (Å²) in [6, 6.07) is 7.20. The van der Waals surface area contributed by atoms with Gasteiger partial charge < -0.3 is 10.0 Å². The van der Waals surface area contributed by atoms with Crippen molar-refractivity contribution in [1.82, 2.24) is 14.8 Å². The number of rotatable bonds is 4. The molecule has 2 aromatic heterocycles. The Morgan fingerprint density at radius 3 is 2.77 bits per heavy atom. The Morgan fingerprint density at radius 2 is 2.06 bits per heavy atom. The van der Waals surface area contributed by atoms with Gasteiger partial charge in [0, 0.05) is 36.6 Å². The van der Waals surface area contributed by atoms with Gasteiger partial charge in [0.2, 0.25) is 0 Å². The number of halogens is 2. The zero-order chi connectivity index (χ0) is 21.7. The average molecular weight is 424 g/mol. The molecule has 0 fully saturated rings. The SMILES string of the molecule is Cn1cc(-c2cc3c(cc2C(F)F)N(c2ccc4c(n2)C(C(=O)O)CC4)CCC3)cn1.